The first kappa shape index (κ1) is 32.7. The van der Waals surface area contributed by atoms with Crippen molar-refractivity contribution in [1.29, 1.82) is 0 Å². The second-order valence-electron chi connectivity index (χ2n) is 11.7. The molecule has 0 bridgehead atoms. The summed E-state index contributed by atoms with van der Waals surface area (Å²) < 4.78 is 20.3. The maximum atomic E-state index is 14.8. The molecule has 11 heteroatoms. The normalized spacial score (nSPS) is 16.7. The van der Waals surface area contributed by atoms with E-state index in [1.807, 2.05) is 35.2 Å². The molecule has 0 atom stereocenters. The van der Waals surface area contributed by atoms with Crippen molar-refractivity contribution in [3.63, 3.8) is 0 Å². The molecule has 3 aliphatic heterocycles. The van der Waals surface area contributed by atoms with Crippen molar-refractivity contribution in [2.75, 3.05) is 70.9 Å². The third-order valence-corrected chi connectivity index (χ3v) is 9.01. The highest BCUT2D eigenvalue weighted by molar-refractivity contribution is 6.31. The second-order valence-corrected chi connectivity index (χ2v) is 12.1. The van der Waals surface area contributed by atoms with Crippen molar-refractivity contribution in [3.8, 4) is 11.3 Å². The standard InChI is InChI=1S/C35H35ClFN7O2.CH4/c36-26-7-10-28-30(21-26)33(29-3-1-2-4-31(29)37)38-22-25-23-39-35(41-32(25)28)40-27-8-5-24(6-9-27)34(45)44-15-13-42(14-16-44)11-12-43-17-19-46-20-18-43;/h1-10,21,23H,11-20,22H2,(H,39,40,41);1H4. The van der Waals surface area contributed by atoms with E-state index in [-0.39, 0.29) is 19.2 Å². The topological polar surface area (TPSA) is 86.2 Å². The lowest BCUT2D eigenvalue weighted by Gasteiger charge is -2.36. The molecule has 0 radical (unpaired) electrons. The van der Waals surface area contributed by atoms with Gasteiger partial charge in [-0.1, -0.05) is 37.2 Å². The van der Waals surface area contributed by atoms with Gasteiger partial charge in [0.1, 0.15) is 5.82 Å². The first-order valence-corrected chi connectivity index (χ1v) is 16.0. The van der Waals surface area contributed by atoms with Gasteiger partial charge in [-0.3, -0.25) is 19.6 Å². The summed E-state index contributed by atoms with van der Waals surface area (Å²) >= 11 is 6.39. The number of benzene rings is 3. The molecule has 0 spiro atoms. The van der Waals surface area contributed by atoms with Crippen LogP contribution in [-0.4, -0.2) is 102 Å². The third-order valence-electron chi connectivity index (χ3n) is 8.78. The minimum absolute atomic E-state index is 0. The highest BCUT2D eigenvalue weighted by Gasteiger charge is 2.24. The molecule has 4 heterocycles. The Morgan fingerprint density at radius 2 is 1.60 bits per heavy atom. The Hall–Kier alpha value is -4.22. The monoisotopic (exact) mass is 655 g/mol. The van der Waals surface area contributed by atoms with Gasteiger partial charge in [0, 0.05) is 97.1 Å². The van der Waals surface area contributed by atoms with Crippen molar-refractivity contribution in [3.05, 3.63) is 106 Å². The van der Waals surface area contributed by atoms with Gasteiger partial charge in [-0.25, -0.2) is 14.4 Å². The Labute approximate surface area is 280 Å². The average Bonchev–Trinajstić information content (AvgIpc) is 3.24. The van der Waals surface area contributed by atoms with Crippen molar-refractivity contribution in [2.24, 2.45) is 4.99 Å². The predicted octanol–water partition coefficient (Wildman–Crippen LogP) is 5.76. The zero-order valence-corrected chi connectivity index (χ0v) is 26.2. The van der Waals surface area contributed by atoms with Crippen LogP contribution in [0, 0.1) is 5.82 Å². The summed E-state index contributed by atoms with van der Waals surface area (Å²) in [7, 11) is 0. The van der Waals surface area contributed by atoms with Crippen LogP contribution >= 0.6 is 11.6 Å². The highest BCUT2D eigenvalue weighted by atomic mass is 35.5. The smallest absolute Gasteiger partial charge is 0.253 e. The number of halogens is 2. The molecular weight excluding hydrogens is 617 g/mol. The Bertz CT molecular complexity index is 1750. The van der Waals surface area contributed by atoms with Crippen LogP contribution in [0.3, 0.4) is 0 Å². The second kappa shape index (κ2) is 14.7. The van der Waals surface area contributed by atoms with Gasteiger partial charge in [-0.15, -0.1) is 0 Å². The maximum absolute atomic E-state index is 14.8. The molecule has 244 valence electrons. The van der Waals surface area contributed by atoms with Crippen LogP contribution in [0.5, 0.6) is 0 Å². The van der Waals surface area contributed by atoms with Gasteiger partial charge < -0.3 is 15.0 Å². The van der Waals surface area contributed by atoms with E-state index < -0.39 is 0 Å². The molecule has 47 heavy (non-hydrogen) atoms. The molecule has 7 rings (SSSR count). The maximum Gasteiger partial charge on any atom is 0.253 e. The molecule has 2 saturated heterocycles. The zero-order valence-electron chi connectivity index (χ0n) is 25.5. The Morgan fingerprint density at radius 1 is 0.872 bits per heavy atom. The van der Waals surface area contributed by atoms with Crippen molar-refractivity contribution >= 4 is 34.9 Å². The fourth-order valence-electron chi connectivity index (χ4n) is 6.16. The van der Waals surface area contributed by atoms with Crippen LogP contribution in [0.4, 0.5) is 16.0 Å². The summed E-state index contributed by atoms with van der Waals surface area (Å²) in [6.07, 6.45) is 1.75. The number of carbonyl (C=O) groups is 1. The number of morpholine rings is 1. The lowest BCUT2D eigenvalue weighted by Crippen LogP contribution is -2.51. The molecule has 0 aliphatic carbocycles. The summed E-state index contributed by atoms with van der Waals surface area (Å²) in [4.78, 5) is 34.2. The number of hydrogen-bond donors (Lipinski definition) is 1. The van der Waals surface area contributed by atoms with E-state index in [1.165, 1.54) is 6.07 Å². The molecule has 3 aromatic carbocycles. The number of anilines is 2. The molecular formula is C36H39ClFN7O2. The van der Waals surface area contributed by atoms with Crippen LogP contribution in [0.1, 0.15) is 34.5 Å². The Kier molecular flexibility index (Phi) is 10.2. The summed E-state index contributed by atoms with van der Waals surface area (Å²) in [5.41, 5.74) is 5.38. The molecule has 3 aliphatic rings. The fourth-order valence-corrected chi connectivity index (χ4v) is 6.33. The minimum atomic E-state index is -0.352. The van der Waals surface area contributed by atoms with Crippen molar-refractivity contribution in [1.82, 2.24) is 24.7 Å². The Balaban J connectivity index is 0.00000386. The molecule has 4 aromatic rings. The SMILES string of the molecule is C.O=C(c1ccc(Nc2ncc3c(n2)-c2ccc(Cl)cc2C(c2ccccc2F)=NC3)cc1)N1CCN(CCN2CCOCC2)CC1. The van der Waals surface area contributed by atoms with Gasteiger partial charge in [0.2, 0.25) is 5.95 Å². The number of aromatic nitrogens is 2. The molecule has 9 nitrogen and oxygen atoms in total. The van der Waals surface area contributed by atoms with E-state index in [0.717, 1.165) is 82.4 Å². The van der Waals surface area contributed by atoms with Gasteiger partial charge in [0.15, 0.2) is 0 Å². The van der Waals surface area contributed by atoms with Gasteiger partial charge in [-0.2, -0.15) is 0 Å². The summed E-state index contributed by atoms with van der Waals surface area (Å²) in [5.74, 6) is 0.0955. The molecule has 0 saturated carbocycles. The van der Waals surface area contributed by atoms with Crippen LogP contribution in [-0.2, 0) is 11.3 Å². The van der Waals surface area contributed by atoms with E-state index >= 15 is 0 Å². The van der Waals surface area contributed by atoms with E-state index in [0.29, 0.717) is 45.6 Å². The summed E-state index contributed by atoms with van der Waals surface area (Å²) in [5, 5.41) is 3.80. The lowest BCUT2D eigenvalue weighted by molar-refractivity contribution is 0.0293. The fraction of sp³-hybridized carbons (Fsp3) is 0.333. The summed E-state index contributed by atoms with van der Waals surface area (Å²) in [6, 6.07) is 19.5. The largest absolute Gasteiger partial charge is 0.379 e. The van der Waals surface area contributed by atoms with Gasteiger partial charge in [0.05, 0.1) is 31.2 Å². The van der Waals surface area contributed by atoms with Gasteiger partial charge >= 0.3 is 0 Å². The van der Waals surface area contributed by atoms with Crippen molar-refractivity contribution in [2.45, 2.75) is 14.0 Å². The number of hydrogen-bond acceptors (Lipinski definition) is 8. The van der Waals surface area contributed by atoms with Crippen LogP contribution < -0.4 is 5.32 Å². The number of nitrogens with one attached hydrogen (secondary N) is 1. The number of fused-ring (bicyclic) bond motifs is 3. The van der Waals surface area contributed by atoms with E-state index in [4.69, 9.17) is 26.3 Å². The number of aliphatic imine (C=N–C) groups is 1. The van der Waals surface area contributed by atoms with Crippen LogP contribution in [0.15, 0.2) is 77.9 Å². The molecule has 0 unspecified atom stereocenters. The number of nitrogens with zero attached hydrogens (tertiary/aromatic N) is 6. The van der Waals surface area contributed by atoms with E-state index in [1.54, 1.807) is 36.5 Å². The number of amides is 1. The number of piperazine rings is 1. The van der Waals surface area contributed by atoms with Gasteiger partial charge in [-0.05, 0) is 48.5 Å². The van der Waals surface area contributed by atoms with E-state index in [9.17, 15) is 9.18 Å². The number of rotatable bonds is 7. The number of ether oxygens (including phenoxy) is 1. The first-order chi connectivity index (χ1) is 22.5. The zero-order chi connectivity index (χ0) is 31.5. The third kappa shape index (κ3) is 7.36. The first-order valence-electron chi connectivity index (χ1n) is 15.7. The lowest BCUT2D eigenvalue weighted by atomic mass is 9.95. The Morgan fingerprint density at radius 3 is 2.34 bits per heavy atom. The molecule has 1 aromatic heterocycles. The highest BCUT2D eigenvalue weighted by Crippen LogP contribution is 2.34. The molecule has 1 N–H and O–H groups in total. The average molecular weight is 656 g/mol. The number of carbonyl (C=O) groups excluding carboxylic acids is 1. The van der Waals surface area contributed by atoms with Crippen molar-refractivity contribution < 1.29 is 13.9 Å². The van der Waals surface area contributed by atoms with Crippen LogP contribution in [0.2, 0.25) is 5.02 Å². The van der Waals surface area contributed by atoms with E-state index in [2.05, 4.69) is 20.1 Å². The van der Waals surface area contributed by atoms with Gasteiger partial charge in [0.25, 0.3) is 5.91 Å². The molecule has 2 fully saturated rings. The predicted molar refractivity (Wildman–Crippen MR) is 184 cm³/mol. The molecule has 1 amide bonds. The minimum Gasteiger partial charge on any atom is -0.379 e. The van der Waals surface area contributed by atoms with Crippen LogP contribution in [0.25, 0.3) is 11.3 Å². The summed E-state index contributed by atoms with van der Waals surface area (Å²) in [6.45, 7) is 9.20. The quantitative estimate of drug-likeness (QED) is 0.271.